The minimum absolute atomic E-state index is 0.355. The molecule has 1 saturated heterocycles. The molecular formula is C19H22N4O4. The van der Waals surface area contributed by atoms with Crippen LogP contribution in [0.3, 0.4) is 0 Å². The Balaban J connectivity index is 1.85. The van der Waals surface area contributed by atoms with E-state index in [-0.39, 0.29) is 0 Å². The first-order valence-corrected chi connectivity index (χ1v) is 8.57. The number of pyridine rings is 2. The Kier molecular flexibility index (Phi) is 5.78. The lowest BCUT2D eigenvalue weighted by atomic mass is 9.96. The lowest BCUT2D eigenvalue weighted by Gasteiger charge is -2.19. The highest BCUT2D eigenvalue weighted by Gasteiger charge is 2.46. The van der Waals surface area contributed by atoms with Gasteiger partial charge in [0.25, 0.3) is 0 Å². The molecule has 1 aliphatic heterocycles. The van der Waals surface area contributed by atoms with E-state index in [1.807, 2.05) is 24.3 Å². The van der Waals surface area contributed by atoms with Gasteiger partial charge in [-0.3, -0.25) is 9.97 Å². The minimum atomic E-state index is -0.919. The normalized spacial score (nSPS) is 22.7. The first-order valence-electron chi connectivity index (χ1n) is 8.57. The smallest absolute Gasteiger partial charge is 0.164 e. The molecule has 142 valence electrons. The van der Waals surface area contributed by atoms with Crippen molar-refractivity contribution in [1.82, 2.24) is 9.97 Å². The zero-order chi connectivity index (χ0) is 19.3. The second-order valence-electron chi connectivity index (χ2n) is 6.72. The van der Waals surface area contributed by atoms with Gasteiger partial charge in [-0.25, -0.2) is 0 Å². The lowest BCUT2D eigenvalue weighted by molar-refractivity contribution is -0.136. The van der Waals surface area contributed by atoms with E-state index in [4.69, 9.17) is 9.47 Å². The molecule has 2 N–H and O–H groups in total. The zero-order valence-electron chi connectivity index (χ0n) is 15.2. The molecule has 8 heteroatoms. The summed E-state index contributed by atoms with van der Waals surface area (Å²) in [5.74, 6) is -0.919. The zero-order valence-corrected chi connectivity index (χ0v) is 15.2. The van der Waals surface area contributed by atoms with Crippen molar-refractivity contribution in [2.24, 2.45) is 10.3 Å². The molecule has 1 fully saturated rings. The van der Waals surface area contributed by atoms with Gasteiger partial charge in [-0.15, -0.1) is 0 Å². The van der Waals surface area contributed by atoms with E-state index in [9.17, 15) is 10.4 Å². The Morgan fingerprint density at radius 2 is 1.22 bits per heavy atom. The van der Waals surface area contributed by atoms with E-state index in [1.54, 1.807) is 38.6 Å². The summed E-state index contributed by atoms with van der Waals surface area (Å²) in [6, 6.07) is 7.33. The molecule has 2 aromatic heterocycles. The van der Waals surface area contributed by atoms with Crippen molar-refractivity contribution in [1.29, 1.82) is 0 Å². The van der Waals surface area contributed by atoms with Crippen LogP contribution in [0.1, 0.15) is 25.0 Å². The fourth-order valence-electron chi connectivity index (χ4n) is 3.05. The van der Waals surface area contributed by atoms with Crippen LogP contribution in [0.4, 0.5) is 0 Å². The summed E-state index contributed by atoms with van der Waals surface area (Å²) in [5, 5.41) is 26.1. The van der Waals surface area contributed by atoms with Gasteiger partial charge in [-0.05, 0) is 49.2 Å². The molecule has 0 saturated carbocycles. The van der Waals surface area contributed by atoms with Gasteiger partial charge >= 0.3 is 0 Å². The molecule has 0 spiro atoms. The van der Waals surface area contributed by atoms with Crippen LogP contribution in [-0.4, -0.2) is 49.8 Å². The van der Waals surface area contributed by atoms with E-state index in [0.29, 0.717) is 24.3 Å². The van der Waals surface area contributed by atoms with Gasteiger partial charge in [0, 0.05) is 37.6 Å². The minimum Gasteiger partial charge on any atom is -0.411 e. The lowest BCUT2D eigenvalue weighted by Crippen LogP contribution is -2.39. The highest BCUT2D eigenvalue weighted by molar-refractivity contribution is 5.99. The van der Waals surface area contributed by atoms with Crippen LogP contribution in [0, 0.1) is 0 Å². The molecule has 1 aliphatic rings. The quantitative estimate of drug-likeness (QED) is 0.459. The Morgan fingerprint density at radius 3 is 1.56 bits per heavy atom. The van der Waals surface area contributed by atoms with Gasteiger partial charge in [-0.2, -0.15) is 0 Å². The number of rotatable bonds is 6. The second-order valence-corrected chi connectivity index (χ2v) is 6.72. The Morgan fingerprint density at radius 1 is 0.852 bits per heavy atom. The third-order valence-corrected chi connectivity index (χ3v) is 4.28. The van der Waals surface area contributed by atoms with Crippen LogP contribution in [0.25, 0.3) is 0 Å². The van der Waals surface area contributed by atoms with Crippen LogP contribution >= 0.6 is 0 Å². The van der Waals surface area contributed by atoms with Gasteiger partial charge in [0.15, 0.2) is 5.79 Å². The fourth-order valence-corrected chi connectivity index (χ4v) is 3.05. The topological polar surface area (TPSA) is 109 Å². The van der Waals surface area contributed by atoms with Gasteiger partial charge in [-0.1, -0.05) is 10.3 Å². The van der Waals surface area contributed by atoms with Crippen molar-refractivity contribution in [3.63, 3.8) is 0 Å². The molecular weight excluding hydrogens is 348 g/mol. The van der Waals surface area contributed by atoms with Crippen molar-refractivity contribution in [3.8, 4) is 0 Å². The van der Waals surface area contributed by atoms with Gasteiger partial charge in [0.05, 0.1) is 11.4 Å². The number of hydrogen-bond donors (Lipinski definition) is 2. The average Bonchev–Trinajstić information content (AvgIpc) is 3.01. The largest absolute Gasteiger partial charge is 0.411 e. The van der Waals surface area contributed by atoms with Gasteiger partial charge in [0.1, 0.15) is 12.2 Å². The van der Waals surface area contributed by atoms with E-state index in [0.717, 1.165) is 11.1 Å². The third-order valence-electron chi connectivity index (χ3n) is 4.28. The van der Waals surface area contributed by atoms with Crippen LogP contribution in [0.5, 0.6) is 0 Å². The molecule has 2 atom stereocenters. The maximum atomic E-state index is 9.61. The van der Waals surface area contributed by atoms with Crippen molar-refractivity contribution >= 4 is 11.4 Å². The number of aromatic nitrogens is 2. The summed E-state index contributed by atoms with van der Waals surface area (Å²) in [6.07, 6.45) is 6.01. The van der Waals surface area contributed by atoms with Crippen LogP contribution in [-0.2, 0) is 22.3 Å². The van der Waals surface area contributed by atoms with Gasteiger partial charge in [0.2, 0.25) is 0 Å². The molecule has 0 bridgehead atoms. The predicted molar refractivity (Wildman–Crippen MR) is 98.2 cm³/mol. The molecule has 2 aromatic rings. The Hall–Kier alpha value is -2.84. The molecule has 27 heavy (non-hydrogen) atoms. The van der Waals surface area contributed by atoms with E-state index < -0.39 is 18.0 Å². The summed E-state index contributed by atoms with van der Waals surface area (Å²) in [7, 11) is 0. The number of ether oxygens (including phenoxy) is 2. The van der Waals surface area contributed by atoms with E-state index in [2.05, 4.69) is 20.3 Å². The van der Waals surface area contributed by atoms with Gasteiger partial charge < -0.3 is 19.9 Å². The van der Waals surface area contributed by atoms with E-state index >= 15 is 0 Å². The molecule has 3 rings (SSSR count). The number of oxime groups is 2. The van der Waals surface area contributed by atoms with Crippen molar-refractivity contribution < 1.29 is 19.9 Å². The molecule has 0 radical (unpaired) electrons. The molecule has 3 heterocycles. The number of nitrogens with zero attached hydrogens (tertiary/aromatic N) is 4. The average molecular weight is 370 g/mol. The highest BCUT2D eigenvalue weighted by atomic mass is 16.8. The summed E-state index contributed by atoms with van der Waals surface area (Å²) >= 11 is 0. The van der Waals surface area contributed by atoms with Crippen LogP contribution in [0.15, 0.2) is 59.4 Å². The Labute approximate surface area is 157 Å². The molecule has 0 aliphatic carbocycles. The third kappa shape index (κ3) is 4.66. The Bertz CT molecular complexity index is 741. The summed E-state index contributed by atoms with van der Waals surface area (Å²) in [4.78, 5) is 7.97. The summed E-state index contributed by atoms with van der Waals surface area (Å²) in [6.45, 7) is 3.53. The van der Waals surface area contributed by atoms with Crippen molar-refractivity contribution in [3.05, 3.63) is 60.2 Å². The summed E-state index contributed by atoms with van der Waals surface area (Å²) < 4.78 is 11.9. The molecule has 0 unspecified atom stereocenters. The van der Waals surface area contributed by atoms with Crippen LogP contribution < -0.4 is 0 Å². The predicted octanol–water partition coefficient (Wildman–Crippen LogP) is 2.44. The molecule has 0 aromatic carbocycles. The summed E-state index contributed by atoms with van der Waals surface area (Å²) in [5.41, 5.74) is 2.60. The van der Waals surface area contributed by atoms with Crippen molar-refractivity contribution in [2.45, 2.75) is 44.7 Å². The molecule has 0 amide bonds. The standard InChI is InChI=1S/C19H22N4O4/c1-19(2)26-17(15(22-24)11-13-3-7-20-8-4-13)18(27-19)16(23-25)12-14-5-9-21-10-6-14/h3-10,17-18,24-25H,11-12H2,1-2H3/b22-15+,23-16+/t17-,18-/m0/s1. The van der Waals surface area contributed by atoms with E-state index in [1.165, 1.54) is 0 Å². The fraction of sp³-hybridized carbons (Fsp3) is 0.368. The second kappa shape index (κ2) is 8.24. The van der Waals surface area contributed by atoms with Crippen LogP contribution in [0.2, 0.25) is 0 Å². The van der Waals surface area contributed by atoms with Crippen molar-refractivity contribution in [2.75, 3.05) is 0 Å². The molecule has 8 nitrogen and oxygen atoms in total. The first-order chi connectivity index (χ1) is 13.0. The first kappa shape index (κ1) is 18.9. The maximum Gasteiger partial charge on any atom is 0.164 e. The monoisotopic (exact) mass is 370 g/mol. The number of hydrogen-bond acceptors (Lipinski definition) is 8. The maximum absolute atomic E-state index is 9.61. The SMILES string of the molecule is CC1(C)O[C@@H](/C(Cc2ccncc2)=N/O)[C@H](/C(Cc2ccncc2)=N/O)O1. The highest BCUT2D eigenvalue weighted by Crippen LogP contribution is 2.31.